The maximum Gasteiger partial charge on any atom is 0.118 e. The first kappa shape index (κ1) is 24.3. The standard InChI is InChI=1S/C28H43NO/c1-2-3-4-5-6-7-8-9-10-11-12-13-14-16-19-25-24-27(22-23-28(25)30)29-26-20-17-15-18-21-26/h15,17-18,20-24,29-30H,2-14,16,19H2,1H3. The van der Waals surface area contributed by atoms with Crippen LogP contribution >= 0.6 is 0 Å². The van der Waals surface area contributed by atoms with Crippen LogP contribution < -0.4 is 5.32 Å². The predicted molar refractivity (Wildman–Crippen MR) is 132 cm³/mol. The van der Waals surface area contributed by atoms with Gasteiger partial charge in [0.25, 0.3) is 0 Å². The molecule has 0 aliphatic rings. The molecule has 0 saturated heterocycles. The van der Waals surface area contributed by atoms with E-state index in [0.29, 0.717) is 5.75 Å². The van der Waals surface area contributed by atoms with Crippen molar-refractivity contribution in [2.24, 2.45) is 0 Å². The zero-order chi connectivity index (χ0) is 21.3. The Hall–Kier alpha value is -1.96. The molecular formula is C28H43NO. The van der Waals surface area contributed by atoms with Crippen molar-refractivity contribution in [2.75, 3.05) is 5.32 Å². The van der Waals surface area contributed by atoms with Crippen LogP contribution in [0.3, 0.4) is 0 Å². The number of aryl methyl sites for hydroxylation is 1. The first-order valence-electron chi connectivity index (χ1n) is 12.4. The lowest BCUT2D eigenvalue weighted by Gasteiger charge is -2.10. The van der Waals surface area contributed by atoms with E-state index >= 15 is 0 Å². The number of rotatable bonds is 17. The Bertz CT molecular complexity index is 668. The van der Waals surface area contributed by atoms with E-state index in [0.717, 1.165) is 29.8 Å². The lowest BCUT2D eigenvalue weighted by atomic mass is 10.0. The molecule has 166 valence electrons. The van der Waals surface area contributed by atoms with E-state index in [1.54, 1.807) is 0 Å². The Balaban J connectivity index is 1.50. The minimum Gasteiger partial charge on any atom is -0.508 e. The Kier molecular flexibility index (Phi) is 12.8. The molecule has 0 unspecified atom stereocenters. The van der Waals surface area contributed by atoms with E-state index in [-0.39, 0.29) is 0 Å². The van der Waals surface area contributed by atoms with E-state index in [1.807, 2.05) is 30.3 Å². The van der Waals surface area contributed by atoms with Crippen LogP contribution in [-0.2, 0) is 6.42 Å². The number of unbranched alkanes of at least 4 members (excludes halogenated alkanes) is 13. The second-order valence-electron chi connectivity index (χ2n) is 8.68. The number of phenolic OH excluding ortho intramolecular Hbond substituents is 1. The van der Waals surface area contributed by atoms with Crippen LogP contribution in [0.4, 0.5) is 11.4 Å². The summed E-state index contributed by atoms with van der Waals surface area (Å²) < 4.78 is 0. The van der Waals surface area contributed by atoms with Crippen molar-refractivity contribution in [1.29, 1.82) is 0 Å². The summed E-state index contributed by atoms with van der Waals surface area (Å²) in [5.41, 5.74) is 3.17. The smallest absolute Gasteiger partial charge is 0.118 e. The normalized spacial score (nSPS) is 11.0. The van der Waals surface area contributed by atoms with Crippen LogP contribution in [-0.4, -0.2) is 5.11 Å². The molecule has 2 heteroatoms. The summed E-state index contributed by atoms with van der Waals surface area (Å²) in [7, 11) is 0. The predicted octanol–water partition coefficient (Wildman–Crippen LogP) is 9.16. The molecular weight excluding hydrogens is 366 g/mol. The summed E-state index contributed by atoms with van der Waals surface area (Å²) in [6, 6.07) is 16.0. The molecule has 0 saturated carbocycles. The minimum atomic E-state index is 0.420. The first-order chi connectivity index (χ1) is 14.8. The largest absolute Gasteiger partial charge is 0.508 e. The third-order valence-corrected chi connectivity index (χ3v) is 5.94. The van der Waals surface area contributed by atoms with Crippen molar-refractivity contribution in [3.05, 3.63) is 54.1 Å². The van der Waals surface area contributed by atoms with Crippen molar-refractivity contribution in [1.82, 2.24) is 0 Å². The van der Waals surface area contributed by atoms with Crippen molar-refractivity contribution in [3.8, 4) is 5.75 Å². The number of anilines is 2. The molecule has 0 aromatic heterocycles. The fourth-order valence-corrected chi connectivity index (χ4v) is 4.06. The first-order valence-corrected chi connectivity index (χ1v) is 12.4. The molecule has 2 nitrogen and oxygen atoms in total. The van der Waals surface area contributed by atoms with Gasteiger partial charge in [-0.05, 0) is 48.7 Å². The Morgan fingerprint density at radius 3 is 1.70 bits per heavy atom. The molecule has 0 amide bonds. The summed E-state index contributed by atoms with van der Waals surface area (Å²) in [5.74, 6) is 0.420. The van der Waals surface area contributed by atoms with Gasteiger partial charge in [0.2, 0.25) is 0 Å². The van der Waals surface area contributed by atoms with Crippen LogP contribution in [0, 0.1) is 0 Å². The van der Waals surface area contributed by atoms with E-state index in [4.69, 9.17) is 0 Å². The number of para-hydroxylation sites is 1. The highest BCUT2D eigenvalue weighted by Gasteiger charge is 2.04. The van der Waals surface area contributed by atoms with Crippen molar-refractivity contribution >= 4 is 11.4 Å². The average Bonchev–Trinajstić information content (AvgIpc) is 2.77. The van der Waals surface area contributed by atoms with Gasteiger partial charge < -0.3 is 10.4 Å². The third-order valence-electron chi connectivity index (χ3n) is 5.94. The molecule has 2 N–H and O–H groups in total. The van der Waals surface area contributed by atoms with Crippen LogP contribution in [0.1, 0.15) is 102 Å². The van der Waals surface area contributed by atoms with Crippen molar-refractivity contribution in [2.45, 2.75) is 103 Å². The highest BCUT2D eigenvalue weighted by Crippen LogP contribution is 2.26. The van der Waals surface area contributed by atoms with Crippen LogP contribution in [0.15, 0.2) is 48.5 Å². The quantitative estimate of drug-likeness (QED) is 0.201. The van der Waals surface area contributed by atoms with Gasteiger partial charge in [0.1, 0.15) is 5.75 Å². The highest BCUT2D eigenvalue weighted by atomic mass is 16.3. The second kappa shape index (κ2) is 15.8. The molecule has 0 aliphatic carbocycles. The summed E-state index contributed by atoms with van der Waals surface area (Å²) in [6.45, 7) is 2.28. The number of aromatic hydroxyl groups is 1. The Labute approximate surface area is 185 Å². The molecule has 0 bridgehead atoms. The van der Waals surface area contributed by atoms with Gasteiger partial charge in [-0.1, -0.05) is 109 Å². The van der Waals surface area contributed by atoms with Gasteiger partial charge >= 0.3 is 0 Å². The van der Waals surface area contributed by atoms with Gasteiger partial charge in [0.15, 0.2) is 0 Å². The fraction of sp³-hybridized carbons (Fsp3) is 0.571. The van der Waals surface area contributed by atoms with E-state index in [2.05, 4.69) is 30.4 Å². The topological polar surface area (TPSA) is 32.3 Å². The van der Waals surface area contributed by atoms with Gasteiger partial charge in [-0.3, -0.25) is 0 Å². The Morgan fingerprint density at radius 2 is 1.13 bits per heavy atom. The third kappa shape index (κ3) is 10.7. The van der Waals surface area contributed by atoms with Gasteiger partial charge in [0.05, 0.1) is 0 Å². The summed E-state index contributed by atoms with van der Waals surface area (Å²) in [6.07, 6.45) is 20.2. The zero-order valence-corrected chi connectivity index (χ0v) is 19.2. The minimum absolute atomic E-state index is 0.420. The average molecular weight is 410 g/mol. The molecule has 2 aromatic rings. The molecule has 0 aliphatic heterocycles. The number of phenols is 1. The second-order valence-corrected chi connectivity index (χ2v) is 8.68. The van der Waals surface area contributed by atoms with Gasteiger partial charge in [-0.25, -0.2) is 0 Å². The van der Waals surface area contributed by atoms with E-state index in [1.165, 1.54) is 83.5 Å². The summed E-state index contributed by atoms with van der Waals surface area (Å²) >= 11 is 0. The number of benzene rings is 2. The molecule has 2 aromatic carbocycles. The van der Waals surface area contributed by atoms with Crippen molar-refractivity contribution < 1.29 is 5.11 Å². The molecule has 0 heterocycles. The zero-order valence-electron chi connectivity index (χ0n) is 19.2. The molecule has 2 rings (SSSR count). The van der Waals surface area contributed by atoms with Gasteiger partial charge in [-0.2, -0.15) is 0 Å². The van der Waals surface area contributed by atoms with E-state index in [9.17, 15) is 5.11 Å². The monoisotopic (exact) mass is 409 g/mol. The Morgan fingerprint density at radius 1 is 0.600 bits per heavy atom. The van der Waals surface area contributed by atoms with Crippen LogP contribution in [0.2, 0.25) is 0 Å². The number of hydrogen-bond acceptors (Lipinski definition) is 2. The number of nitrogens with one attached hydrogen (secondary N) is 1. The lowest BCUT2D eigenvalue weighted by Crippen LogP contribution is -1.93. The van der Waals surface area contributed by atoms with Crippen molar-refractivity contribution in [3.63, 3.8) is 0 Å². The molecule has 0 fully saturated rings. The highest BCUT2D eigenvalue weighted by molar-refractivity contribution is 5.61. The number of hydrogen-bond donors (Lipinski definition) is 2. The SMILES string of the molecule is CCCCCCCCCCCCCCCCc1cc(Nc2ccccc2)ccc1O. The fourth-order valence-electron chi connectivity index (χ4n) is 4.06. The van der Waals surface area contributed by atoms with Gasteiger partial charge in [0, 0.05) is 11.4 Å². The molecule has 0 spiro atoms. The maximum atomic E-state index is 10.2. The van der Waals surface area contributed by atoms with Gasteiger partial charge in [-0.15, -0.1) is 0 Å². The summed E-state index contributed by atoms with van der Waals surface area (Å²) in [4.78, 5) is 0. The molecule has 30 heavy (non-hydrogen) atoms. The van der Waals surface area contributed by atoms with Crippen LogP contribution in [0.5, 0.6) is 5.75 Å². The maximum absolute atomic E-state index is 10.2. The molecule has 0 atom stereocenters. The van der Waals surface area contributed by atoms with E-state index < -0.39 is 0 Å². The summed E-state index contributed by atoms with van der Waals surface area (Å²) in [5, 5.41) is 13.6. The van der Waals surface area contributed by atoms with Crippen LogP contribution in [0.25, 0.3) is 0 Å². The molecule has 0 radical (unpaired) electrons. The lowest BCUT2D eigenvalue weighted by molar-refractivity contribution is 0.466.